The molecule has 0 bridgehead atoms. The van der Waals surface area contributed by atoms with Crippen LogP contribution in [0, 0.1) is 0 Å². The highest BCUT2D eigenvalue weighted by Gasteiger charge is 1.96. The lowest BCUT2D eigenvalue weighted by Crippen LogP contribution is -1.83. The summed E-state index contributed by atoms with van der Waals surface area (Å²) in [7, 11) is 1.38. The largest absolute Gasteiger partial charge is 0.494 e. The van der Waals surface area contributed by atoms with E-state index in [2.05, 4.69) is 17.9 Å². The topological polar surface area (TPSA) is 9.23 Å². The third-order valence-corrected chi connectivity index (χ3v) is 0.757. The van der Waals surface area contributed by atoms with Crippen molar-refractivity contribution < 1.29 is 9.13 Å². The molecule has 0 aromatic heterocycles. The van der Waals surface area contributed by atoms with E-state index in [1.54, 1.807) is 0 Å². The first-order valence-electron chi connectivity index (χ1n) is 2.44. The summed E-state index contributed by atoms with van der Waals surface area (Å²) in [6, 6.07) is 0. The Morgan fingerprint density at radius 1 is 1.67 bits per heavy atom. The molecule has 50 valence electrons. The molecule has 0 unspecified atom stereocenters. The number of hydrogen-bond donors (Lipinski definition) is 0. The molecule has 0 spiro atoms. The first kappa shape index (κ1) is 7.95. The zero-order valence-electron chi connectivity index (χ0n) is 5.36. The number of methoxy groups -OCH3 is 1. The smallest absolute Gasteiger partial charge is 0.157 e. The Kier molecular flexibility index (Phi) is 3.44. The predicted octanol–water partition coefficient (Wildman–Crippen LogP) is 2.19. The van der Waals surface area contributed by atoms with E-state index in [-0.39, 0.29) is 5.76 Å². The van der Waals surface area contributed by atoms with Gasteiger partial charge in [0.25, 0.3) is 0 Å². The maximum absolute atomic E-state index is 12.1. The third kappa shape index (κ3) is 2.69. The van der Waals surface area contributed by atoms with Gasteiger partial charge in [-0.3, -0.25) is 0 Å². The monoisotopic (exact) mass is 128 g/mol. The number of allylic oxidation sites excluding steroid dienone is 3. The van der Waals surface area contributed by atoms with Crippen LogP contribution in [0.4, 0.5) is 4.39 Å². The molecule has 0 heterocycles. The highest BCUT2D eigenvalue weighted by molar-refractivity contribution is 5.19. The molecule has 0 saturated carbocycles. The van der Waals surface area contributed by atoms with Crippen molar-refractivity contribution in [2.75, 3.05) is 7.11 Å². The zero-order valence-corrected chi connectivity index (χ0v) is 5.36. The van der Waals surface area contributed by atoms with Crippen LogP contribution in [0.3, 0.4) is 0 Å². The lowest BCUT2D eigenvalue weighted by Gasteiger charge is -1.98. The van der Waals surface area contributed by atoms with E-state index < -0.39 is 5.83 Å². The fraction of sp³-hybridized carbons (Fsp3) is 0.143. The number of hydrogen-bond acceptors (Lipinski definition) is 1. The van der Waals surface area contributed by atoms with Gasteiger partial charge in [-0.1, -0.05) is 19.2 Å². The molecule has 9 heavy (non-hydrogen) atoms. The van der Waals surface area contributed by atoms with Crippen molar-refractivity contribution in [3.8, 4) is 0 Å². The molecular weight excluding hydrogens is 119 g/mol. The van der Waals surface area contributed by atoms with E-state index in [9.17, 15) is 4.39 Å². The summed E-state index contributed by atoms with van der Waals surface area (Å²) in [5.74, 6) is -0.470. The summed E-state index contributed by atoms with van der Waals surface area (Å²) in [5, 5.41) is 0. The predicted molar refractivity (Wildman–Crippen MR) is 35.5 cm³/mol. The van der Waals surface area contributed by atoms with Crippen LogP contribution >= 0.6 is 0 Å². The van der Waals surface area contributed by atoms with Gasteiger partial charge in [0.1, 0.15) is 0 Å². The minimum atomic E-state index is -0.586. The van der Waals surface area contributed by atoms with E-state index in [0.717, 1.165) is 0 Å². The molecule has 0 N–H and O–H groups in total. The van der Waals surface area contributed by atoms with Crippen LogP contribution in [0.1, 0.15) is 0 Å². The molecule has 0 rings (SSSR count). The van der Waals surface area contributed by atoms with Crippen molar-refractivity contribution in [2.45, 2.75) is 0 Å². The first-order valence-corrected chi connectivity index (χ1v) is 2.44. The van der Waals surface area contributed by atoms with Gasteiger partial charge in [0.15, 0.2) is 11.6 Å². The van der Waals surface area contributed by atoms with Crippen LogP contribution < -0.4 is 0 Å². The van der Waals surface area contributed by atoms with Crippen LogP contribution in [0.2, 0.25) is 0 Å². The molecule has 0 saturated heterocycles. The van der Waals surface area contributed by atoms with Crippen molar-refractivity contribution in [3.63, 3.8) is 0 Å². The van der Waals surface area contributed by atoms with E-state index in [0.29, 0.717) is 0 Å². The van der Waals surface area contributed by atoms with Crippen molar-refractivity contribution in [1.29, 1.82) is 0 Å². The van der Waals surface area contributed by atoms with Crippen LogP contribution in [-0.4, -0.2) is 7.11 Å². The maximum Gasteiger partial charge on any atom is 0.157 e. The Morgan fingerprint density at radius 3 is 2.33 bits per heavy atom. The maximum atomic E-state index is 12.1. The minimum Gasteiger partial charge on any atom is -0.494 e. The molecule has 0 amide bonds. The fourth-order valence-electron chi connectivity index (χ4n) is 0.376. The molecule has 0 aromatic carbocycles. The van der Waals surface area contributed by atoms with Gasteiger partial charge in [0, 0.05) is 0 Å². The van der Waals surface area contributed by atoms with E-state index in [1.165, 1.54) is 19.3 Å². The van der Waals surface area contributed by atoms with Crippen LogP contribution in [0.25, 0.3) is 0 Å². The summed E-state index contributed by atoms with van der Waals surface area (Å²) in [5.41, 5.74) is 0. The summed E-state index contributed by atoms with van der Waals surface area (Å²) in [6.07, 6.45) is 2.84. The Balaban J connectivity index is 4.14. The first-order chi connectivity index (χ1) is 4.22. The SMILES string of the molecule is C=CC=C(OC)C(=C)F. The highest BCUT2D eigenvalue weighted by atomic mass is 19.1. The molecule has 0 atom stereocenters. The summed E-state index contributed by atoms with van der Waals surface area (Å²) >= 11 is 0. The van der Waals surface area contributed by atoms with Crippen LogP contribution in [0.15, 0.2) is 36.9 Å². The molecule has 0 aliphatic rings. The van der Waals surface area contributed by atoms with Crippen molar-refractivity contribution >= 4 is 0 Å². The Morgan fingerprint density at radius 2 is 2.22 bits per heavy atom. The summed E-state index contributed by atoms with van der Waals surface area (Å²) < 4.78 is 16.7. The average molecular weight is 128 g/mol. The number of ether oxygens (including phenoxy) is 1. The van der Waals surface area contributed by atoms with Gasteiger partial charge >= 0.3 is 0 Å². The molecular formula is C7H9FO. The molecule has 2 heteroatoms. The highest BCUT2D eigenvalue weighted by Crippen LogP contribution is 2.08. The van der Waals surface area contributed by atoms with Crippen molar-refractivity contribution in [1.82, 2.24) is 0 Å². The second-order valence-corrected chi connectivity index (χ2v) is 1.38. The van der Waals surface area contributed by atoms with E-state index >= 15 is 0 Å². The standard InChI is InChI=1S/C7H9FO/c1-4-5-7(9-3)6(2)8/h4-5H,1-2H2,3H3. The molecule has 1 nitrogen and oxygen atoms in total. The van der Waals surface area contributed by atoms with Crippen molar-refractivity contribution in [2.24, 2.45) is 0 Å². The lowest BCUT2D eigenvalue weighted by molar-refractivity contribution is 0.284. The fourth-order valence-corrected chi connectivity index (χ4v) is 0.376. The van der Waals surface area contributed by atoms with E-state index in [1.807, 2.05) is 0 Å². The second kappa shape index (κ2) is 3.89. The molecule has 0 aromatic rings. The van der Waals surface area contributed by atoms with Crippen LogP contribution in [0.5, 0.6) is 0 Å². The Bertz CT molecular complexity index is 147. The molecule has 0 radical (unpaired) electrons. The van der Waals surface area contributed by atoms with Crippen LogP contribution in [-0.2, 0) is 4.74 Å². The summed E-state index contributed by atoms with van der Waals surface area (Å²) in [6.45, 7) is 6.40. The lowest BCUT2D eigenvalue weighted by atomic mass is 10.4. The van der Waals surface area contributed by atoms with Gasteiger partial charge in [0.05, 0.1) is 7.11 Å². The van der Waals surface area contributed by atoms with Gasteiger partial charge < -0.3 is 4.74 Å². The van der Waals surface area contributed by atoms with Crippen molar-refractivity contribution in [3.05, 3.63) is 36.9 Å². The van der Waals surface area contributed by atoms with Gasteiger partial charge in [-0.2, -0.15) is 0 Å². The quantitative estimate of drug-likeness (QED) is 0.418. The van der Waals surface area contributed by atoms with Gasteiger partial charge in [-0.25, -0.2) is 4.39 Å². The molecule has 0 aliphatic carbocycles. The van der Waals surface area contributed by atoms with E-state index in [4.69, 9.17) is 0 Å². The molecule has 0 fully saturated rings. The third-order valence-electron chi connectivity index (χ3n) is 0.757. The number of halogens is 1. The zero-order chi connectivity index (χ0) is 7.28. The Labute approximate surface area is 54.1 Å². The average Bonchev–Trinajstić information content (AvgIpc) is 1.82. The normalized spacial score (nSPS) is 10.7. The van der Waals surface area contributed by atoms with Gasteiger partial charge in [0.2, 0.25) is 0 Å². The summed E-state index contributed by atoms with van der Waals surface area (Å²) in [4.78, 5) is 0. The molecule has 0 aliphatic heterocycles. The second-order valence-electron chi connectivity index (χ2n) is 1.38. The number of rotatable bonds is 3. The van der Waals surface area contributed by atoms with Gasteiger partial charge in [-0.15, -0.1) is 0 Å². The van der Waals surface area contributed by atoms with Gasteiger partial charge in [-0.05, 0) is 6.08 Å². The Hall–Kier alpha value is -1.05. The minimum absolute atomic E-state index is 0.116.